The predicted octanol–water partition coefficient (Wildman–Crippen LogP) is 6.77. The average Bonchev–Trinajstić information content (AvgIpc) is 2.92. The summed E-state index contributed by atoms with van der Waals surface area (Å²) in [5.41, 5.74) is 2.56. The van der Waals surface area contributed by atoms with Crippen LogP contribution >= 0.6 is 0 Å². The number of aryl methyl sites for hydroxylation is 1. The van der Waals surface area contributed by atoms with Crippen LogP contribution in [0.3, 0.4) is 0 Å². The number of carbonyl (C=O) groups is 2. The van der Waals surface area contributed by atoms with E-state index in [-0.39, 0.29) is 17.0 Å². The van der Waals surface area contributed by atoms with Gasteiger partial charge in [-0.2, -0.15) is 0 Å². The van der Waals surface area contributed by atoms with Crippen LogP contribution in [-0.2, 0) is 21.4 Å². The molecule has 0 aromatic heterocycles. The molecule has 39 heavy (non-hydrogen) atoms. The Morgan fingerprint density at radius 1 is 0.821 bits per heavy atom. The SMILES string of the molecule is CCCCCCCCCC(=O)NS(=O)(=O)c1ccccc1NC(=O)c1cccc(OCc2ccc(C)cc2)c1. The van der Waals surface area contributed by atoms with Gasteiger partial charge in [-0.25, -0.2) is 13.1 Å². The van der Waals surface area contributed by atoms with Gasteiger partial charge in [-0.15, -0.1) is 0 Å². The number of rotatable bonds is 15. The Bertz CT molecular complexity index is 1340. The van der Waals surface area contributed by atoms with Gasteiger partial charge in [0, 0.05) is 12.0 Å². The van der Waals surface area contributed by atoms with Gasteiger partial charge in [0.15, 0.2) is 0 Å². The lowest BCUT2D eigenvalue weighted by Crippen LogP contribution is -2.31. The quantitative estimate of drug-likeness (QED) is 0.203. The van der Waals surface area contributed by atoms with E-state index in [2.05, 4.69) is 17.0 Å². The number of benzene rings is 3. The van der Waals surface area contributed by atoms with Gasteiger partial charge in [-0.3, -0.25) is 9.59 Å². The minimum atomic E-state index is -4.16. The first-order valence-electron chi connectivity index (χ1n) is 13.5. The maximum absolute atomic E-state index is 13.0. The van der Waals surface area contributed by atoms with Crippen LogP contribution in [0, 0.1) is 6.92 Å². The molecule has 0 fully saturated rings. The Morgan fingerprint density at radius 3 is 2.26 bits per heavy atom. The fourth-order valence-electron chi connectivity index (χ4n) is 4.08. The summed E-state index contributed by atoms with van der Waals surface area (Å²) >= 11 is 0. The maximum Gasteiger partial charge on any atom is 0.266 e. The van der Waals surface area contributed by atoms with Crippen molar-refractivity contribution in [3.05, 3.63) is 89.5 Å². The van der Waals surface area contributed by atoms with Crippen LogP contribution in [-0.4, -0.2) is 20.2 Å². The number of sulfonamides is 1. The smallest absolute Gasteiger partial charge is 0.266 e. The molecule has 0 atom stereocenters. The van der Waals surface area contributed by atoms with Crippen LogP contribution in [0.1, 0.15) is 79.8 Å². The molecule has 0 aliphatic carbocycles. The normalized spacial score (nSPS) is 11.1. The molecule has 3 aromatic carbocycles. The summed E-state index contributed by atoms with van der Waals surface area (Å²) in [5, 5.41) is 2.67. The Hall–Kier alpha value is -3.65. The lowest BCUT2D eigenvalue weighted by atomic mass is 10.1. The van der Waals surface area contributed by atoms with E-state index < -0.39 is 21.8 Å². The van der Waals surface area contributed by atoms with Crippen molar-refractivity contribution in [3.8, 4) is 5.75 Å². The Labute approximate surface area is 232 Å². The van der Waals surface area contributed by atoms with Gasteiger partial charge in [0.1, 0.15) is 17.3 Å². The molecule has 0 heterocycles. The molecule has 7 nitrogen and oxygen atoms in total. The average molecular weight is 551 g/mol. The molecule has 0 aliphatic rings. The molecular weight excluding hydrogens is 512 g/mol. The lowest BCUT2D eigenvalue weighted by Gasteiger charge is -2.13. The van der Waals surface area contributed by atoms with E-state index in [9.17, 15) is 18.0 Å². The van der Waals surface area contributed by atoms with Crippen LogP contribution in [0.4, 0.5) is 5.69 Å². The van der Waals surface area contributed by atoms with Gasteiger partial charge in [-0.05, 0) is 49.2 Å². The van der Waals surface area contributed by atoms with Crippen molar-refractivity contribution in [3.63, 3.8) is 0 Å². The first-order valence-corrected chi connectivity index (χ1v) is 15.0. The molecule has 0 bridgehead atoms. The molecule has 0 saturated carbocycles. The van der Waals surface area contributed by atoms with E-state index >= 15 is 0 Å². The van der Waals surface area contributed by atoms with Gasteiger partial charge in [0.25, 0.3) is 15.9 Å². The summed E-state index contributed by atoms with van der Waals surface area (Å²) in [6, 6.07) is 20.7. The van der Waals surface area contributed by atoms with Crippen molar-refractivity contribution >= 4 is 27.5 Å². The maximum atomic E-state index is 13.0. The van der Waals surface area contributed by atoms with E-state index in [4.69, 9.17) is 4.74 Å². The predicted molar refractivity (Wildman–Crippen MR) is 154 cm³/mol. The molecule has 2 N–H and O–H groups in total. The second kappa shape index (κ2) is 15.1. The second-order valence-electron chi connectivity index (χ2n) is 9.65. The largest absolute Gasteiger partial charge is 0.489 e. The van der Waals surface area contributed by atoms with Crippen molar-refractivity contribution in [2.24, 2.45) is 0 Å². The van der Waals surface area contributed by atoms with E-state index in [1.54, 1.807) is 36.4 Å². The van der Waals surface area contributed by atoms with Crippen LogP contribution in [0.15, 0.2) is 77.7 Å². The molecule has 3 aromatic rings. The van der Waals surface area contributed by atoms with Gasteiger partial charge >= 0.3 is 0 Å². The van der Waals surface area contributed by atoms with Crippen LogP contribution < -0.4 is 14.8 Å². The number of hydrogen-bond donors (Lipinski definition) is 2. The summed E-state index contributed by atoms with van der Waals surface area (Å²) < 4.78 is 33.9. The zero-order valence-electron chi connectivity index (χ0n) is 22.7. The van der Waals surface area contributed by atoms with Crippen molar-refractivity contribution in [2.45, 2.75) is 76.7 Å². The molecule has 0 radical (unpaired) electrons. The van der Waals surface area contributed by atoms with Crippen molar-refractivity contribution < 1.29 is 22.7 Å². The fourth-order valence-corrected chi connectivity index (χ4v) is 5.25. The molecule has 3 rings (SSSR count). The van der Waals surface area contributed by atoms with E-state index in [1.165, 1.54) is 31.4 Å². The summed E-state index contributed by atoms with van der Waals surface area (Å²) in [7, 11) is -4.16. The molecule has 0 aliphatic heterocycles. The number of nitrogens with one attached hydrogen (secondary N) is 2. The Kier molecular flexibility index (Phi) is 11.6. The zero-order valence-corrected chi connectivity index (χ0v) is 23.6. The van der Waals surface area contributed by atoms with Crippen LogP contribution in [0.5, 0.6) is 5.75 Å². The molecule has 0 saturated heterocycles. The molecular formula is C31H38N2O5S. The Balaban J connectivity index is 1.59. The van der Waals surface area contributed by atoms with Crippen LogP contribution in [0.2, 0.25) is 0 Å². The van der Waals surface area contributed by atoms with Gasteiger partial charge in [0.05, 0.1) is 5.69 Å². The molecule has 208 valence electrons. The Morgan fingerprint density at radius 2 is 1.51 bits per heavy atom. The number of ether oxygens (including phenoxy) is 1. The molecule has 0 spiro atoms. The molecule has 2 amide bonds. The van der Waals surface area contributed by atoms with Crippen molar-refractivity contribution in [1.29, 1.82) is 0 Å². The van der Waals surface area contributed by atoms with Crippen LogP contribution in [0.25, 0.3) is 0 Å². The third-order valence-electron chi connectivity index (χ3n) is 6.30. The minimum Gasteiger partial charge on any atom is -0.489 e. The summed E-state index contributed by atoms with van der Waals surface area (Å²) in [6.07, 6.45) is 7.39. The van der Waals surface area contributed by atoms with Gasteiger partial charge < -0.3 is 10.1 Å². The third-order valence-corrected chi connectivity index (χ3v) is 7.73. The summed E-state index contributed by atoms with van der Waals surface area (Å²) in [5.74, 6) is -0.530. The number of amides is 2. The van der Waals surface area contributed by atoms with Crippen molar-refractivity contribution in [1.82, 2.24) is 4.72 Å². The number of carbonyl (C=O) groups excluding carboxylic acids is 2. The topological polar surface area (TPSA) is 102 Å². The summed E-state index contributed by atoms with van der Waals surface area (Å²) in [6.45, 7) is 4.53. The highest BCUT2D eigenvalue weighted by Crippen LogP contribution is 2.23. The zero-order chi connectivity index (χ0) is 28.1. The molecule has 0 unspecified atom stereocenters. The first kappa shape index (κ1) is 29.9. The van der Waals surface area contributed by atoms with E-state index in [1.807, 2.05) is 31.2 Å². The van der Waals surface area contributed by atoms with Crippen molar-refractivity contribution in [2.75, 3.05) is 5.32 Å². The third kappa shape index (κ3) is 9.87. The highest BCUT2D eigenvalue weighted by molar-refractivity contribution is 7.90. The first-order chi connectivity index (χ1) is 18.8. The highest BCUT2D eigenvalue weighted by Gasteiger charge is 2.22. The fraction of sp³-hybridized carbons (Fsp3) is 0.355. The monoisotopic (exact) mass is 550 g/mol. The van der Waals surface area contributed by atoms with Gasteiger partial charge in [-0.1, -0.05) is 93.5 Å². The number of para-hydroxylation sites is 1. The number of hydrogen-bond acceptors (Lipinski definition) is 5. The molecule has 8 heteroatoms. The number of anilines is 1. The second-order valence-corrected chi connectivity index (χ2v) is 11.3. The van der Waals surface area contributed by atoms with E-state index in [0.29, 0.717) is 24.3 Å². The minimum absolute atomic E-state index is 0.0877. The summed E-state index contributed by atoms with van der Waals surface area (Å²) in [4.78, 5) is 25.2. The lowest BCUT2D eigenvalue weighted by molar-refractivity contribution is -0.119. The highest BCUT2D eigenvalue weighted by atomic mass is 32.2. The standard InChI is InChI=1S/C31H38N2O5S/c1-3-4-5-6-7-8-9-17-30(34)33-39(36,37)29-16-11-10-15-28(29)32-31(35)26-13-12-14-27(22-26)38-23-25-20-18-24(2)19-21-25/h10-16,18-22H,3-9,17,23H2,1-2H3,(H,32,35)(H,33,34). The van der Waals surface area contributed by atoms with E-state index in [0.717, 1.165) is 30.4 Å². The van der Waals surface area contributed by atoms with Gasteiger partial charge in [0.2, 0.25) is 5.91 Å². The number of unbranched alkanes of at least 4 members (excludes halogenated alkanes) is 6.